The van der Waals surface area contributed by atoms with Crippen molar-refractivity contribution in [2.24, 2.45) is 0 Å². The van der Waals surface area contributed by atoms with Crippen LogP contribution in [0.25, 0.3) is 0 Å². The predicted octanol–water partition coefficient (Wildman–Crippen LogP) is 1.52. The number of rotatable bonds is 3. The van der Waals surface area contributed by atoms with Crippen molar-refractivity contribution in [3.8, 4) is 11.5 Å². The van der Waals surface area contributed by atoms with Crippen LogP contribution >= 0.6 is 0 Å². The maximum Gasteiger partial charge on any atom is 0.255 e. The lowest BCUT2D eigenvalue weighted by atomic mass is 10.1. The largest absolute Gasteiger partial charge is 0.505 e. The third kappa shape index (κ3) is 2.42. The second kappa shape index (κ2) is 5.21. The van der Waals surface area contributed by atoms with Crippen molar-refractivity contribution in [3.63, 3.8) is 0 Å². The Balaban J connectivity index is 1.59. The number of aromatic nitrogens is 1. The lowest BCUT2D eigenvalue weighted by molar-refractivity contribution is 0.0930. The number of carbonyl (C=O) groups is 1. The number of hydrogen-bond donors (Lipinski definition) is 2. The van der Waals surface area contributed by atoms with Crippen molar-refractivity contribution in [2.45, 2.75) is 12.5 Å². The Kier molecular flexibility index (Phi) is 3.25. The average molecular weight is 270 g/mol. The summed E-state index contributed by atoms with van der Waals surface area (Å²) in [5, 5.41) is 12.3. The Labute approximate surface area is 116 Å². The topological polar surface area (TPSA) is 71.5 Å². The van der Waals surface area contributed by atoms with E-state index in [4.69, 9.17) is 4.74 Å². The highest BCUT2D eigenvalue weighted by Gasteiger charge is 2.23. The molecule has 2 N–H and O–H groups in total. The van der Waals surface area contributed by atoms with Gasteiger partial charge in [-0.3, -0.25) is 9.78 Å². The van der Waals surface area contributed by atoms with Crippen molar-refractivity contribution in [2.75, 3.05) is 6.54 Å². The Morgan fingerprint density at radius 2 is 2.25 bits per heavy atom. The second-order valence-corrected chi connectivity index (χ2v) is 4.65. The molecule has 1 amide bonds. The van der Waals surface area contributed by atoms with Crippen molar-refractivity contribution < 1.29 is 14.6 Å². The summed E-state index contributed by atoms with van der Waals surface area (Å²) in [4.78, 5) is 15.7. The summed E-state index contributed by atoms with van der Waals surface area (Å²) in [5.74, 6) is 0.420. The van der Waals surface area contributed by atoms with E-state index in [0.29, 0.717) is 6.54 Å². The summed E-state index contributed by atoms with van der Waals surface area (Å²) in [6.07, 6.45) is 3.42. The zero-order chi connectivity index (χ0) is 13.9. The van der Waals surface area contributed by atoms with Gasteiger partial charge < -0.3 is 15.2 Å². The van der Waals surface area contributed by atoms with E-state index >= 15 is 0 Å². The van der Waals surface area contributed by atoms with E-state index in [1.54, 1.807) is 0 Å². The molecule has 0 spiro atoms. The smallest absolute Gasteiger partial charge is 0.255 e. The minimum absolute atomic E-state index is 0.0691. The fraction of sp³-hybridized carbons (Fsp3) is 0.200. The molecular formula is C15H14N2O3. The van der Waals surface area contributed by atoms with Crippen molar-refractivity contribution >= 4 is 5.91 Å². The Morgan fingerprint density at radius 3 is 3.05 bits per heavy atom. The van der Waals surface area contributed by atoms with Gasteiger partial charge in [-0.1, -0.05) is 18.2 Å². The molecule has 1 aromatic heterocycles. The molecule has 0 saturated heterocycles. The Morgan fingerprint density at radius 1 is 1.40 bits per heavy atom. The highest BCUT2D eigenvalue weighted by Crippen LogP contribution is 2.27. The normalized spacial score (nSPS) is 16.3. The quantitative estimate of drug-likeness (QED) is 0.887. The molecular weight excluding hydrogens is 256 g/mol. The summed E-state index contributed by atoms with van der Waals surface area (Å²) in [5.41, 5.74) is 1.37. The second-order valence-electron chi connectivity index (χ2n) is 4.65. The van der Waals surface area contributed by atoms with E-state index in [1.807, 2.05) is 24.3 Å². The summed E-state index contributed by atoms with van der Waals surface area (Å²) in [7, 11) is 0. The molecule has 1 aromatic carbocycles. The average Bonchev–Trinajstić information content (AvgIpc) is 2.88. The molecule has 0 aliphatic carbocycles. The molecule has 5 heteroatoms. The first kappa shape index (κ1) is 12.5. The van der Waals surface area contributed by atoms with Gasteiger partial charge in [0.05, 0.1) is 18.3 Å². The number of nitrogens with one attached hydrogen (secondary N) is 1. The van der Waals surface area contributed by atoms with Crippen LogP contribution in [0.4, 0.5) is 0 Å². The predicted molar refractivity (Wildman–Crippen MR) is 72.8 cm³/mol. The number of aromatic hydroxyl groups is 1. The molecule has 1 aliphatic heterocycles. The Hall–Kier alpha value is -2.56. The molecule has 20 heavy (non-hydrogen) atoms. The van der Waals surface area contributed by atoms with Crippen LogP contribution in [0.15, 0.2) is 42.7 Å². The molecule has 1 unspecified atom stereocenters. The number of hydrogen-bond acceptors (Lipinski definition) is 4. The number of ether oxygens (including phenoxy) is 1. The SMILES string of the molecule is O=C(NCC1Cc2ccccc2O1)c1ccncc1O. The maximum atomic E-state index is 11.9. The van der Waals surface area contributed by atoms with Crippen LogP contribution in [0.2, 0.25) is 0 Å². The minimum Gasteiger partial charge on any atom is -0.505 e. The van der Waals surface area contributed by atoms with E-state index in [9.17, 15) is 9.90 Å². The standard InChI is InChI=1S/C15H14N2O3/c18-13-9-16-6-5-12(13)15(19)17-8-11-7-10-3-1-2-4-14(10)20-11/h1-6,9,11,18H,7-8H2,(H,17,19). The van der Waals surface area contributed by atoms with E-state index in [-0.39, 0.29) is 23.3 Å². The number of nitrogens with zero attached hydrogens (tertiary/aromatic N) is 1. The third-order valence-corrected chi connectivity index (χ3v) is 3.25. The highest BCUT2D eigenvalue weighted by molar-refractivity contribution is 5.96. The van der Waals surface area contributed by atoms with Gasteiger partial charge in [0.1, 0.15) is 17.6 Å². The van der Waals surface area contributed by atoms with Gasteiger partial charge in [0.2, 0.25) is 0 Å². The molecule has 0 bridgehead atoms. The molecule has 2 aromatic rings. The van der Waals surface area contributed by atoms with E-state index in [2.05, 4.69) is 10.3 Å². The lowest BCUT2D eigenvalue weighted by Crippen LogP contribution is -2.34. The number of carbonyl (C=O) groups excluding carboxylic acids is 1. The molecule has 0 saturated carbocycles. The first-order valence-electron chi connectivity index (χ1n) is 6.40. The molecule has 102 valence electrons. The summed E-state index contributed by atoms with van der Waals surface area (Å²) in [6, 6.07) is 9.32. The molecule has 3 rings (SSSR count). The monoisotopic (exact) mass is 270 g/mol. The van der Waals surface area contributed by atoms with Crippen LogP contribution in [0.1, 0.15) is 15.9 Å². The van der Waals surface area contributed by atoms with Crippen LogP contribution < -0.4 is 10.1 Å². The molecule has 0 fully saturated rings. The lowest BCUT2D eigenvalue weighted by Gasteiger charge is -2.12. The Bertz CT molecular complexity index is 618. The number of fused-ring (bicyclic) bond motifs is 1. The summed E-state index contributed by atoms with van der Waals surface area (Å²) >= 11 is 0. The molecule has 1 atom stereocenters. The van der Waals surface area contributed by atoms with Crippen LogP contribution in [0.5, 0.6) is 11.5 Å². The van der Waals surface area contributed by atoms with Crippen LogP contribution in [-0.4, -0.2) is 28.6 Å². The number of amides is 1. The van der Waals surface area contributed by atoms with Crippen molar-refractivity contribution in [3.05, 3.63) is 53.9 Å². The first-order chi connectivity index (χ1) is 9.74. The minimum atomic E-state index is -0.329. The number of benzene rings is 1. The first-order valence-corrected chi connectivity index (χ1v) is 6.40. The van der Waals surface area contributed by atoms with Gasteiger partial charge in [-0.25, -0.2) is 0 Å². The molecule has 5 nitrogen and oxygen atoms in total. The van der Waals surface area contributed by atoms with Crippen LogP contribution in [-0.2, 0) is 6.42 Å². The van der Waals surface area contributed by atoms with Gasteiger partial charge in [-0.15, -0.1) is 0 Å². The molecule has 1 aliphatic rings. The van der Waals surface area contributed by atoms with Crippen LogP contribution in [0, 0.1) is 0 Å². The van der Waals surface area contributed by atoms with Gasteiger partial charge in [-0.2, -0.15) is 0 Å². The van der Waals surface area contributed by atoms with Gasteiger partial charge >= 0.3 is 0 Å². The van der Waals surface area contributed by atoms with Crippen molar-refractivity contribution in [1.82, 2.24) is 10.3 Å². The number of para-hydroxylation sites is 1. The highest BCUT2D eigenvalue weighted by atomic mass is 16.5. The summed E-state index contributed by atoms with van der Waals surface area (Å²) in [6.45, 7) is 0.398. The van der Waals surface area contributed by atoms with E-state index < -0.39 is 0 Å². The third-order valence-electron chi connectivity index (χ3n) is 3.25. The number of pyridine rings is 1. The zero-order valence-corrected chi connectivity index (χ0v) is 10.7. The fourth-order valence-corrected chi connectivity index (χ4v) is 2.25. The van der Waals surface area contributed by atoms with Crippen LogP contribution in [0.3, 0.4) is 0 Å². The van der Waals surface area contributed by atoms with Gasteiger partial charge in [0, 0.05) is 12.6 Å². The van der Waals surface area contributed by atoms with Crippen molar-refractivity contribution in [1.29, 1.82) is 0 Å². The fourth-order valence-electron chi connectivity index (χ4n) is 2.25. The van der Waals surface area contributed by atoms with Gasteiger partial charge in [-0.05, 0) is 17.7 Å². The van der Waals surface area contributed by atoms with Gasteiger partial charge in [0.25, 0.3) is 5.91 Å². The zero-order valence-electron chi connectivity index (χ0n) is 10.7. The summed E-state index contributed by atoms with van der Waals surface area (Å²) < 4.78 is 5.73. The van der Waals surface area contributed by atoms with Gasteiger partial charge in [0.15, 0.2) is 0 Å². The maximum absolute atomic E-state index is 11.9. The van der Waals surface area contributed by atoms with E-state index in [0.717, 1.165) is 17.7 Å². The molecule has 0 radical (unpaired) electrons. The van der Waals surface area contributed by atoms with E-state index in [1.165, 1.54) is 18.5 Å². The molecule has 2 heterocycles.